The van der Waals surface area contributed by atoms with E-state index in [1.807, 2.05) is 18.2 Å². The minimum Gasteiger partial charge on any atom is -0.492 e. The van der Waals surface area contributed by atoms with Gasteiger partial charge in [-0.2, -0.15) is 0 Å². The second-order valence-corrected chi connectivity index (χ2v) is 4.78. The minimum absolute atomic E-state index is 0.203. The summed E-state index contributed by atoms with van der Waals surface area (Å²) < 4.78 is 5.71. The summed E-state index contributed by atoms with van der Waals surface area (Å²) in [5.74, 6) is 0.985. The van der Waals surface area contributed by atoms with E-state index in [0.717, 1.165) is 18.7 Å². The third kappa shape index (κ3) is 4.23. The van der Waals surface area contributed by atoms with Gasteiger partial charge < -0.3 is 10.1 Å². The second kappa shape index (κ2) is 5.90. The van der Waals surface area contributed by atoms with E-state index in [-0.39, 0.29) is 5.54 Å². The maximum atomic E-state index is 5.71. The Kier molecular flexibility index (Phi) is 4.81. The van der Waals surface area contributed by atoms with E-state index in [1.165, 1.54) is 5.56 Å². The molecule has 0 saturated carbocycles. The Bertz CT molecular complexity index is 320. The van der Waals surface area contributed by atoms with Gasteiger partial charge in [-0.25, -0.2) is 0 Å². The van der Waals surface area contributed by atoms with Gasteiger partial charge in [-0.05, 0) is 38.8 Å². The average molecular weight is 221 g/mol. The third-order valence-corrected chi connectivity index (χ3v) is 2.94. The van der Waals surface area contributed by atoms with Gasteiger partial charge in [0, 0.05) is 12.1 Å². The van der Waals surface area contributed by atoms with Crippen LogP contribution in [0.4, 0.5) is 0 Å². The quantitative estimate of drug-likeness (QED) is 0.745. The fraction of sp³-hybridized carbons (Fsp3) is 0.571. The first-order valence-corrected chi connectivity index (χ1v) is 5.98. The summed E-state index contributed by atoms with van der Waals surface area (Å²) in [5.41, 5.74) is 1.40. The molecule has 0 unspecified atom stereocenters. The first-order chi connectivity index (χ1) is 7.55. The van der Waals surface area contributed by atoms with Crippen LogP contribution in [0.5, 0.6) is 5.75 Å². The van der Waals surface area contributed by atoms with Crippen LogP contribution in [0.15, 0.2) is 24.3 Å². The summed E-state index contributed by atoms with van der Waals surface area (Å²) in [7, 11) is 0. The largest absolute Gasteiger partial charge is 0.492 e. The molecule has 16 heavy (non-hydrogen) atoms. The molecule has 90 valence electrons. The smallest absolute Gasteiger partial charge is 0.122 e. The number of hydrogen-bond acceptors (Lipinski definition) is 2. The average Bonchev–Trinajstić information content (AvgIpc) is 2.27. The number of hydrogen-bond donors (Lipinski definition) is 1. The number of para-hydroxylation sites is 1. The van der Waals surface area contributed by atoms with E-state index in [0.29, 0.717) is 6.61 Å². The van der Waals surface area contributed by atoms with Crippen molar-refractivity contribution in [1.82, 2.24) is 5.32 Å². The first kappa shape index (κ1) is 13.0. The van der Waals surface area contributed by atoms with Crippen molar-refractivity contribution < 1.29 is 4.74 Å². The Balaban J connectivity index is 2.29. The molecule has 1 aromatic rings. The standard InChI is InChI=1S/C14H23NO/c1-5-14(3,4)15-10-11-16-13-9-7-6-8-12(13)2/h6-9,15H,5,10-11H2,1-4H3. The lowest BCUT2D eigenvalue weighted by Gasteiger charge is -2.24. The van der Waals surface area contributed by atoms with Crippen molar-refractivity contribution >= 4 is 0 Å². The number of benzene rings is 1. The molecule has 0 fully saturated rings. The van der Waals surface area contributed by atoms with E-state index >= 15 is 0 Å². The van der Waals surface area contributed by atoms with Gasteiger partial charge in [0.2, 0.25) is 0 Å². The van der Waals surface area contributed by atoms with Gasteiger partial charge in [0.15, 0.2) is 0 Å². The van der Waals surface area contributed by atoms with Gasteiger partial charge in [-0.1, -0.05) is 25.1 Å². The van der Waals surface area contributed by atoms with Crippen LogP contribution in [-0.4, -0.2) is 18.7 Å². The molecule has 2 nitrogen and oxygen atoms in total. The number of rotatable bonds is 6. The molecule has 1 N–H and O–H groups in total. The SMILES string of the molecule is CCC(C)(C)NCCOc1ccccc1C. The lowest BCUT2D eigenvalue weighted by molar-refractivity contribution is 0.279. The van der Waals surface area contributed by atoms with Crippen LogP contribution in [0.3, 0.4) is 0 Å². The summed E-state index contributed by atoms with van der Waals surface area (Å²) in [4.78, 5) is 0. The Labute approximate surface area is 99.0 Å². The lowest BCUT2D eigenvalue weighted by atomic mass is 10.0. The van der Waals surface area contributed by atoms with E-state index < -0.39 is 0 Å². The lowest BCUT2D eigenvalue weighted by Crippen LogP contribution is -2.40. The van der Waals surface area contributed by atoms with Gasteiger partial charge in [-0.15, -0.1) is 0 Å². The van der Waals surface area contributed by atoms with Crippen molar-refractivity contribution in [2.75, 3.05) is 13.2 Å². The normalized spacial score (nSPS) is 11.5. The molecule has 0 aliphatic rings. The molecule has 1 rings (SSSR count). The fourth-order valence-electron chi connectivity index (χ4n) is 1.39. The number of aryl methyl sites for hydroxylation is 1. The molecule has 1 aromatic carbocycles. The van der Waals surface area contributed by atoms with Crippen LogP contribution in [-0.2, 0) is 0 Å². The maximum Gasteiger partial charge on any atom is 0.122 e. The van der Waals surface area contributed by atoms with Crippen LogP contribution >= 0.6 is 0 Å². The summed E-state index contributed by atoms with van der Waals surface area (Å²) in [5, 5.41) is 3.47. The molecule has 0 bridgehead atoms. The molecule has 0 heterocycles. The third-order valence-electron chi connectivity index (χ3n) is 2.94. The Hall–Kier alpha value is -1.02. The Morgan fingerprint density at radius 1 is 1.25 bits per heavy atom. The molecule has 0 atom stereocenters. The molecule has 2 heteroatoms. The zero-order chi connectivity index (χ0) is 12.0. The van der Waals surface area contributed by atoms with Crippen LogP contribution in [0, 0.1) is 6.92 Å². The zero-order valence-electron chi connectivity index (χ0n) is 10.8. The highest BCUT2D eigenvalue weighted by atomic mass is 16.5. The molecule has 0 spiro atoms. The predicted octanol–water partition coefficient (Wildman–Crippen LogP) is 3.15. The van der Waals surface area contributed by atoms with Crippen LogP contribution < -0.4 is 10.1 Å². The molecule has 0 radical (unpaired) electrons. The first-order valence-electron chi connectivity index (χ1n) is 5.98. The van der Waals surface area contributed by atoms with Gasteiger partial charge in [0.1, 0.15) is 12.4 Å². The van der Waals surface area contributed by atoms with E-state index in [1.54, 1.807) is 0 Å². The summed E-state index contributed by atoms with van der Waals surface area (Å²) >= 11 is 0. The van der Waals surface area contributed by atoms with Gasteiger partial charge in [0.25, 0.3) is 0 Å². The predicted molar refractivity (Wildman–Crippen MR) is 69.0 cm³/mol. The zero-order valence-corrected chi connectivity index (χ0v) is 10.8. The molecular weight excluding hydrogens is 198 g/mol. The highest BCUT2D eigenvalue weighted by molar-refractivity contribution is 5.31. The monoisotopic (exact) mass is 221 g/mol. The van der Waals surface area contributed by atoms with Crippen molar-refractivity contribution in [2.45, 2.75) is 39.7 Å². The van der Waals surface area contributed by atoms with Crippen LogP contribution in [0.2, 0.25) is 0 Å². The summed E-state index contributed by atoms with van der Waals surface area (Å²) in [6.45, 7) is 10.3. The highest BCUT2D eigenvalue weighted by Crippen LogP contribution is 2.15. The number of ether oxygens (including phenoxy) is 1. The maximum absolute atomic E-state index is 5.71. The molecule has 0 saturated heterocycles. The molecule has 0 aliphatic heterocycles. The molecular formula is C14H23NO. The van der Waals surface area contributed by atoms with Crippen molar-refractivity contribution in [3.05, 3.63) is 29.8 Å². The number of nitrogens with one attached hydrogen (secondary N) is 1. The van der Waals surface area contributed by atoms with Gasteiger partial charge in [-0.3, -0.25) is 0 Å². The summed E-state index contributed by atoms with van der Waals surface area (Å²) in [6, 6.07) is 8.12. The van der Waals surface area contributed by atoms with Crippen molar-refractivity contribution in [3.63, 3.8) is 0 Å². The molecule has 0 aromatic heterocycles. The minimum atomic E-state index is 0.203. The van der Waals surface area contributed by atoms with Crippen LogP contribution in [0.25, 0.3) is 0 Å². The molecule has 0 amide bonds. The molecule has 0 aliphatic carbocycles. The van der Waals surface area contributed by atoms with Crippen molar-refractivity contribution in [1.29, 1.82) is 0 Å². The Morgan fingerprint density at radius 3 is 2.56 bits per heavy atom. The highest BCUT2D eigenvalue weighted by Gasteiger charge is 2.12. The fourth-order valence-corrected chi connectivity index (χ4v) is 1.39. The second-order valence-electron chi connectivity index (χ2n) is 4.78. The Morgan fingerprint density at radius 2 is 1.94 bits per heavy atom. The van der Waals surface area contributed by atoms with Gasteiger partial charge >= 0.3 is 0 Å². The summed E-state index contributed by atoms with van der Waals surface area (Å²) in [6.07, 6.45) is 1.12. The van der Waals surface area contributed by atoms with Crippen molar-refractivity contribution in [3.8, 4) is 5.75 Å². The van der Waals surface area contributed by atoms with Gasteiger partial charge in [0.05, 0.1) is 0 Å². The van der Waals surface area contributed by atoms with E-state index in [4.69, 9.17) is 4.74 Å². The van der Waals surface area contributed by atoms with E-state index in [9.17, 15) is 0 Å². The van der Waals surface area contributed by atoms with Crippen molar-refractivity contribution in [2.24, 2.45) is 0 Å². The van der Waals surface area contributed by atoms with E-state index in [2.05, 4.69) is 39.1 Å². The van der Waals surface area contributed by atoms with Crippen LogP contribution in [0.1, 0.15) is 32.8 Å². The topological polar surface area (TPSA) is 21.3 Å².